The molecular weight excluding hydrogens is 208 g/mol. The van der Waals surface area contributed by atoms with Gasteiger partial charge in [0.1, 0.15) is 0 Å². The van der Waals surface area contributed by atoms with Gasteiger partial charge in [0.2, 0.25) is 0 Å². The van der Waals surface area contributed by atoms with Crippen LogP contribution in [0, 0.1) is 5.92 Å². The smallest absolute Gasteiger partial charge is 0.156 e. The van der Waals surface area contributed by atoms with Crippen molar-refractivity contribution in [1.82, 2.24) is 5.32 Å². The van der Waals surface area contributed by atoms with Crippen LogP contribution in [0.1, 0.15) is 26.2 Å². The molecule has 0 radical (unpaired) electrons. The quantitative estimate of drug-likeness (QED) is 0.705. The molecule has 1 aliphatic carbocycles. The van der Waals surface area contributed by atoms with E-state index in [0.29, 0.717) is 6.04 Å². The van der Waals surface area contributed by atoms with Crippen LogP contribution in [0.5, 0.6) is 0 Å². The summed E-state index contributed by atoms with van der Waals surface area (Å²) in [5.74, 6) is 2.03. The summed E-state index contributed by atoms with van der Waals surface area (Å²) >= 11 is 1.83. The second-order valence-electron chi connectivity index (χ2n) is 4.42. The highest BCUT2D eigenvalue weighted by molar-refractivity contribution is 8.14. The number of aliphatic imine (C=N–C) groups is 1. The second kappa shape index (κ2) is 5.75. The maximum atomic E-state index is 5.55. The van der Waals surface area contributed by atoms with Crippen molar-refractivity contribution < 1.29 is 4.74 Å². The Balaban J connectivity index is 1.46. The molecule has 0 aromatic rings. The molecule has 0 bridgehead atoms. The highest BCUT2D eigenvalue weighted by Gasteiger charge is 2.20. The standard InChI is InChI=1S/C11H20N2OS/c1-9-8-15-11(13-9)12-5-2-6-14-7-10-3-4-10/h9-10H,2-8H2,1H3,(H,12,13). The Hall–Kier alpha value is -0.220. The molecule has 1 unspecified atom stereocenters. The Morgan fingerprint density at radius 2 is 2.40 bits per heavy atom. The Labute approximate surface area is 96.1 Å². The molecule has 0 amide bonds. The molecule has 0 aromatic carbocycles. The van der Waals surface area contributed by atoms with Crippen molar-refractivity contribution in [2.24, 2.45) is 10.9 Å². The first-order chi connectivity index (χ1) is 7.34. The zero-order chi connectivity index (χ0) is 10.5. The van der Waals surface area contributed by atoms with Crippen LogP contribution in [0.4, 0.5) is 0 Å². The third-order valence-corrected chi connectivity index (χ3v) is 3.78. The average molecular weight is 228 g/mol. The third kappa shape index (κ3) is 4.43. The van der Waals surface area contributed by atoms with E-state index in [-0.39, 0.29) is 0 Å². The van der Waals surface area contributed by atoms with Crippen molar-refractivity contribution in [3.8, 4) is 0 Å². The predicted molar refractivity (Wildman–Crippen MR) is 65.5 cm³/mol. The second-order valence-corrected chi connectivity index (χ2v) is 5.42. The Bertz CT molecular complexity index is 229. The molecule has 0 aromatic heterocycles. The van der Waals surface area contributed by atoms with Crippen LogP contribution >= 0.6 is 11.8 Å². The topological polar surface area (TPSA) is 33.6 Å². The molecule has 4 heteroatoms. The molecule has 1 saturated heterocycles. The average Bonchev–Trinajstić information content (AvgIpc) is 2.95. The van der Waals surface area contributed by atoms with Crippen LogP contribution in [-0.4, -0.2) is 36.7 Å². The molecule has 1 saturated carbocycles. The number of nitrogens with zero attached hydrogens (tertiary/aromatic N) is 1. The van der Waals surface area contributed by atoms with Crippen LogP contribution in [0.2, 0.25) is 0 Å². The minimum atomic E-state index is 0.583. The fourth-order valence-corrected chi connectivity index (χ4v) is 2.43. The summed E-state index contributed by atoms with van der Waals surface area (Å²) in [5, 5.41) is 4.46. The summed E-state index contributed by atoms with van der Waals surface area (Å²) in [7, 11) is 0. The highest BCUT2D eigenvalue weighted by atomic mass is 32.2. The van der Waals surface area contributed by atoms with E-state index in [1.807, 2.05) is 11.8 Å². The molecule has 2 fully saturated rings. The summed E-state index contributed by atoms with van der Waals surface area (Å²) in [6.07, 6.45) is 3.80. The largest absolute Gasteiger partial charge is 0.381 e. The molecule has 15 heavy (non-hydrogen) atoms. The SMILES string of the molecule is CC1CSC(=NCCCOCC2CC2)N1. The van der Waals surface area contributed by atoms with Gasteiger partial charge < -0.3 is 10.1 Å². The number of amidine groups is 1. The predicted octanol–water partition coefficient (Wildman–Crippen LogP) is 1.88. The van der Waals surface area contributed by atoms with E-state index in [9.17, 15) is 0 Å². The van der Waals surface area contributed by atoms with Crippen molar-refractivity contribution in [3.05, 3.63) is 0 Å². The van der Waals surface area contributed by atoms with E-state index in [1.165, 1.54) is 12.8 Å². The number of nitrogens with one attached hydrogen (secondary N) is 1. The molecule has 1 aliphatic heterocycles. The van der Waals surface area contributed by atoms with Gasteiger partial charge in [0, 0.05) is 31.6 Å². The molecule has 1 atom stereocenters. The van der Waals surface area contributed by atoms with Crippen LogP contribution in [0.3, 0.4) is 0 Å². The minimum Gasteiger partial charge on any atom is -0.381 e. The van der Waals surface area contributed by atoms with E-state index < -0.39 is 0 Å². The molecule has 2 aliphatic rings. The van der Waals surface area contributed by atoms with Gasteiger partial charge in [-0.3, -0.25) is 4.99 Å². The molecule has 0 spiro atoms. The zero-order valence-corrected chi connectivity index (χ0v) is 10.2. The number of thioether (sulfide) groups is 1. The first-order valence-electron chi connectivity index (χ1n) is 5.86. The van der Waals surface area contributed by atoms with Crippen molar-refractivity contribution in [3.63, 3.8) is 0 Å². The number of hydrogen-bond donors (Lipinski definition) is 1. The first kappa shape index (κ1) is 11.3. The summed E-state index contributed by atoms with van der Waals surface area (Å²) < 4.78 is 5.55. The Morgan fingerprint density at radius 1 is 1.53 bits per heavy atom. The third-order valence-electron chi connectivity index (χ3n) is 2.59. The van der Waals surface area contributed by atoms with E-state index in [1.54, 1.807) is 0 Å². The maximum absolute atomic E-state index is 5.55. The fraction of sp³-hybridized carbons (Fsp3) is 0.909. The number of ether oxygens (including phenoxy) is 1. The van der Waals surface area contributed by atoms with Gasteiger partial charge in [0.25, 0.3) is 0 Å². The first-order valence-corrected chi connectivity index (χ1v) is 6.84. The van der Waals surface area contributed by atoms with E-state index >= 15 is 0 Å². The molecule has 2 rings (SSSR count). The molecule has 3 nitrogen and oxygen atoms in total. The van der Waals surface area contributed by atoms with Gasteiger partial charge in [-0.2, -0.15) is 0 Å². The summed E-state index contributed by atoms with van der Waals surface area (Å²) in [6, 6.07) is 0.583. The van der Waals surface area contributed by atoms with Gasteiger partial charge in [0.05, 0.1) is 0 Å². The van der Waals surface area contributed by atoms with Gasteiger partial charge in [-0.15, -0.1) is 0 Å². The molecule has 86 valence electrons. The number of hydrogen-bond acceptors (Lipinski definition) is 3. The molecule has 1 heterocycles. The number of rotatable bonds is 6. The van der Waals surface area contributed by atoms with E-state index in [0.717, 1.165) is 43.0 Å². The van der Waals surface area contributed by atoms with Crippen LogP contribution < -0.4 is 5.32 Å². The maximum Gasteiger partial charge on any atom is 0.156 e. The summed E-state index contributed by atoms with van der Waals surface area (Å²) in [4.78, 5) is 4.49. The molecule has 1 N–H and O–H groups in total. The lowest BCUT2D eigenvalue weighted by atomic mass is 10.4. The lowest BCUT2D eigenvalue weighted by Gasteiger charge is -2.02. The van der Waals surface area contributed by atoms with Gasteiger partial charge >= 0.3 is 0 Å². The van der Waals surface area contributed by atoms with Crippen LogP contribution in [0.15, 0.2) is 4.99 Å². The Kier molecular flexibility index (Phi) is 4.32. The van der Waals surface area contributed by atoms with Gasteiger partial charge in [-0.25, -0.2) is 0 Å². The monoisotopic (exact) mass is 228 g/mol. The minimum absolute atomic E-state index is 0.583. The lowest BCUT2D eigenvalue weighted by Crippen LogP contribution is -2.23. The van der Waals surface area contributed by atoms with Crippen molar-refractivity contribution in [2.75, 3.05) is 25.5 Å². The lowest BCUT2D eigenvalue weighted by molar-refractivity contribution is 0.123. The van der Waals surface area contributed by atoms with Gasteiger partial charge in [-0.05, 0) is 32.1 Å². The zero-order valence-electron chi connectivity index (χ0n) is 9.37. The van der Waals surface area contributed by atoms with Gasteiger partial charge in [-0.1, -0.05) is 11.8 Å². The van der Waals surface area contributed by atoms with Crippen molar-refractivity contribution in [2.45, 2.75) is 32.2 Å². The summed E-state index contributed by atoms with van der Waals surface area (Å²) in [5.41, 5.74) is 0. The van der Waals surface area contributed by atoms with Gasteiger partial charge in [0.15, 0.2) is 5.17 Å². The van der Waals surface area contributed by atoms with Crippen LogP contribution in [-0.2, 0) is 4.74 Å². The Morgan fingerprint density at radius 3 is 3.07 bits per heavy atom. The van der Waals surface area contributed by atoms with E-state index in [4.69, 9.17) is 4.74 Å². The normalized spacial score (nSPS) is 28.3. The van der Waals surface area contributed by atoms with Crippen LogP contribution in [0.25, 0.3) is 0 Å². The fourth-order valence-electron chi connectivity index (χ4n) is 1.47. The highest BCUT2D eigenvalue weighted by Crippen LogP contribution is 2.28. The van der Waals surface area contributed by atoms with Crippen molar-refractivity contribution in [1.29, 1.82) is 0 Å². The molecular formula is C11H20N2OS. The van der Waals surface area contributed by atoms with E-state index in [2.05, 4.69) is 17.2 Å². The van der Waals surface area contributed by atoms with Crippen molar-refractivity contribution >= 4 is 16.9 Å². The summed E-state index contributed by atoms with van der Waals surface area (Å²) in [6.45, 7) is 4.93.